The second-order valence-electron chi connectivity index (χ2n) is 4.51. The smallest absolute Gasteiger partial charge is 0.0640 e. The maximum absolute atomic E-state index is 4.55. The van der Waals surface area contributed by atoms with Crippen LogP contribution in [0.3, 0.4) is 0 Å². The fourth-order valence-electron chi connectivity index (χ4n) is 0.935. The zero-order valence-electron chi connectivity index (χ0n) is 9.41. The molecule has 0 aliphatic rings. The molecule has 0 amide bonds. The van der Waals surface area contributed by atoms with Crippen molar-refractivity contribution in [1.29, 1.82) is 0 Å². The van der Waals surface area contributed by atoms with Gasteiger partial charge in [0.15, 0.2) is 0 Å². The molecule has 1 rings (SSSR count). The average Bonchev–Trinajstić information content (AvgIpc) is 2.14. The van der Waals surface area contributed by atoms with E-state index >= 15 is 0 Å². The molecule has 0 aromatic carbocycles. The van der Waals surface area contributed by atoms with Gasteiger partial charge in [0, 0.05) is 18.1 Å². The predicted octanol–water partition coefficient (Wildman–Crippen LogP) is 3.09. The highest BCUT2D eigenvalue weighted by molar-refractivity contribution is 5.86. The molecular weight excluding hydrogens is 172 g/mol. The van der Waals surface area contributed by atoms with Gasteiger partial charge in [-0.05, 0) is 30.0 Å². The van der Waals surface area contributed by atoms with Gasteiger partial charge in [-0.3, -0.25) is 9.98 Å². The van der Waals surface area contributed by atoms with Crippen LogP contribution in [0.1, 0.15) is 33.3 Å². The van der Waals surface area contributed by atoms with Crippen LogP contribution in [-0.2, 0) is 6.54 Å². The summed E-state index contributed by atoms with van der Waals surface area (Å²) in [5.41, 5.74) is 2.57. The van der Waals surface area contributed by atoms with Crippen LogP contribution >= 0.6 is 0 Å². The summed E-state index contributed by atoms with van der Waals surface area (Å²) in [6.07, 6.45) is 3.61. The first-order chi connectivity index (χ1) is 6.50. The third-order valence-electron chi connectivity index (χ3n) is 2.33. The molecule has 0 fully saturated rings. The van der Waals surface area contributed by atoms with Crippen molar-refractivity contribution in [2.75, 3.05) is 0 Å². The molecule has 1 aromatic heterocycles. The third kappa shape index (κ3) is 3.29. The van der Waals surface area contributed by atoms with Gasteiger partial charge in [-0.25, -0.2) is 0 Å². The SMILES string of the molecule is CC(=NCc1ccncc1)C(C)(C)C. The minimum atomic E-state index is 0.174. The van der Waals surface area contributed by atoms with E-state index in [1.165, 1.54) is 11.3 Å². The largest absolute Gasteiger partial charge is 0.289 e. The highest BCUT2D eigenvalue weighted by atomic mass is 14.7. The lowest BCUT2D eigenvalue weighted by atomic mass is 9.91. The Hall–Kier alpha value is -1.18. The van der Waals surface area contributed by atoms with Gasteiger partial charge in [-0.15, -0.1) is 0 Å². The second kappa shape index (κ2) is 4.36. The van der Waals surface area contributed by atoms with Crippen LogP contribution in [0.25, 0.3) is 0 Å². The zero-order valence-corrected chi connectivity index (χ0v) is 9.41. The van der Waals surface area contributed by atoms with E-state index in [1.54, 1.807) is 12.4 Å². The van der Waals surface area contributed by atoms with Crippen LogP contribution in [0, 0.1) is 5.41 Å². The predicted molar refractivity (Wildman–Crippen MR) is 60.5 cm³/mol. The number of aliphatic imine (C=N–C) groups is 1. The van der Waals surface area contributed by atoms with E-state index < -0.39 is 0 Å². The van der Waals surface area contributed by atoms with Crippen molar-refractivity contribution in [1.82, 2.24) is 4.98 Å². The standard InChI is InChI=1S/C12H18N2/c1-10(12(2,3)4)14-9-11-5-7-13-8-6-11/h5-8H,9H2,1-4H3. The topological polar surface area (TPSA) is 25.2 Å². The van der Waals surface area contributed by atoms with Gasteiger partial charge in [0.2, 0.25) is 0 Å². The Morgan fingerprint density at radius 1 is 1.29 bits per heavy atom. The molecule has 0 saturated carbocycles. The molecular formula is C12H18N2. The molecule has 0 aliphatic carbocycles. The maximum Gasteiger partial charge on any atom is 0.0640 e. The summed E-state index contributed by atoms with van der Waals surface area (Å²) in [5.74, 6) is 0. The molecule has 0 saturated heterocycles. The first-order valence-corrected chi connectivity index (χ1v) is 4.90. The van der Waals surface area contributed by atoms with Gasteiger partial charge >= 0.3 is 0 Å². The van der Waals surface area contributed by atoms with Crippen molar-refractivity contribution >= 4 is 5.71 Å². The molecule has 2 heteroatoms. The fourth-order valence-corrected chi connectivity index (χ4v) is 0.935. The first-order valence-electron chi connectivity index (χ1n) is 4.90. The van der Waals surface area contributed by atoms with Crippen LogP contribution in [0.4, 0.5) is 0 Å². The molecule has 0 atom stereocenters. The van der Waals surface area contributed by atoms with E-state index in [0.29, 0.717) is 0 Å². The molecule has 0 radical (unpaired) electrons. The van der Waals surface area contributed by atoms with Gasteiger partial charge < -0.3 is 0 Å². The molecule has 14 heavy (non-hydrogen) atoms. The Balaban J connectivity index is 2.65. The molecule has 0 N–H and O–H groups in total. The summed E-state index contributed by atoms with van der Waals surface area (Å²) in [6, 6.07) is 4.00. The number of hydrogen-bond acceptors (Lipinski definition) is 2. The number of hydrogen-bond donors (Lipinski definition) is 0. The Bertz CT molecular complexity index is 307. The van der Waals surface area contributed by atoms with Crippen LogP contribution < -0.4 is 0 Å². The molecule has 1 heterocycles. The summed E-state index contributed by atoms with van der Waals surface area (Å²) in [4.78, 5) is 8.53. The fraction of sp³-hybridized carbons (Fsp3) is 0.500. The minimum Gasteiger partial charge on any atom is -0.289 e. The van der Waals surface area contributed by atoms with Crippen LogP contribution in [0.5, 0.6) is 0 Å². The Labute approximate surface area is 86.1 Å². The average molecular weight is 190 g/mol. The summed E-state index contributed by atoms with van der Waals surface area (Å²) >= 11 is 0. The van der Waals surface area contributed by atoms with Gasteiger partial charge in [-0.1, -0.05) is 20.8 Å². The number of nitrogens with zero attached hydrogens (tertiary/aromatic N) is 2. The Morgan fingerprint density at radius 2 is 1.86 bits per heavy atom. The lowest BCUT2D eigenvalue weighted by molar-refractivity contribution is 0.584. The first kappa shape index (κ1) is 10.9. The monoisotopic (exact) mass is 190 g/mol. The van der Waals surface area contributed by atoms with E-state index in [2.05, 4.69) is 37.7 Å². The van der Waals surface area contributed by atoms with Gasteiger partial charge in [0.25, 0.3) is 0 Å². The molecule has 0 aliphatic heterocycles. The summed E-state index contributed by atoms with van der Waals surface area (Å²) in [7, 11) is 0. The molecule has 0 unspecified atom stereocenters. The molecule has 1 aromatic rings. The summed E-state index contributed by atoms with van der Waals surface area (Å²) in [6.45, 7) is 9.38. The summed E-state index contributed by atoms with van der Waals surface area (Å²) in [5, 5.41) is 0. The van der Waals surface area contributed by atoms with Gasteiger partial charge in [0.1, 0.15) is 0 Å². The normalized spacial score (nSPS) is 13.0. The van der Waals surface area contributed by atoms with Gasteiger partial charge in [0.05, 0.1) is 6.54 Å². The third-order valence-corrected chi connectivity index (χ3v) is 2.33. The van der Waals surface area contributed by atoms with Crippen molar-refractivity contribution in [3.8, 4) is 0 Å². The van der Waals surface area contributed by atoms with Crippen molar-refractivity contribution < 1.29 is 0 Å². The van der Waals surface area contributed by atoms with E-state index in [-0.39, 0.29) is 5.41 Å². The quantitative estimate of drug-likeness (QED) is 0.658. The van der Waals surface area contributed by atoms with Crippen LogP contribution in [-0.4, -0.2) is 10.7 Å². The number of pyridine rings is 1. The molecule has 0 spiro atoms. The molecule has 0 bridgehead atoms. The maximum atomic E-state index is 4.55. The van der Waals surface area contributed by atoms with E-state index in [1.807, 2.05) is 12.1 Å². The van der Waals surface area contributed by atoms with E-state index in [0.717, 1.165) is 6.54 Å². The Morgan fingerprint density at radius 3 is 2.36 bits per heavy atom. The van der Waals surface area contributed by atoms with Crippen LogP contribution in [0.15, 0.2) is 29.5 Å². The second-order valence-corrected chi connectivity index (χ2v) is 4.51. The van der Waals surface area contributed by atoms with Crippen molar-refractivity contribution in [3.63, 3.8) is 0 Å². The number of rotatable bonds is 2. The highest BCUT2D eigenvalue weighted by Gasteiger charge is 2.13. The highest BCUT2D eigenvalue weighted by Crippen LogP contribution is 2.16. The number of aromatic nitrogens is 1. The lowest BCUT2D eigenvalue weighted by Crippen LogP contribution is -2.16. The van der Waals surface area contributed by atoms with Crippen LogP contribution in [0.2, 0.25) is 0 Å². The van der Waals surface area contributed by atoms with E-state index in [4.69, 9.17) is 0 Å². The van der Waals surface area contributed by atoms with E-state index in [9.17, 15) is 0 Å². The van der Waals surface area contributed by atoms with Crippen molar-refractivity contribution in [2.24, 2.45) is 10.4 Å². The van der Waals surface area contributed by atoms with Crippen molar-refractivity contribution in [3.05, 3.63) is 30.1 Å². The van der Waals surface area contributed by atoms with Crippen molar-refractivity contribution in [2.45, 2.75) is 34.2 Å². The summed E-state index contributed by atoms with van der Waals surface area (Å²) < 4.78 is 0. The lowest BCUT2D eigenvalue weighted by Gasteiger charge is -2.17. The van der Waals surface area contributed by atoms with Gasteiger partial charge in [-0.2, -0.15) is 0 Å². The zero-order chi connectivity index (χ0) is 10.6. The minimum absolute atomic E-state index is 0.174. The Kier molecular flexibility index (Phi) is 3.39. The molecule has 2 nitrogen and oxygen atoms in total. The molecule has 76 valence electrons.